The summed E-state index contributed by atoms with van der Waals surface area (Å²) in [5, 5.41) is 11.9. The van der Waals surface area contributed by atoms with E-state index in [1.165, 1.54) is 0 Å². The molecule has 4 heteroatoms. The number of para-hydroxylation sites is 1. The second-order valence-corrected chi connectivity index (χ2v) is 18.2. The molecular formula is C62H53N3O. The molecule has 66 heavy (non-hydrogen) atoms. The van der Waals surface area contributed by atoms with Crippen LogP contribution in [-0.2, 0) is 5.41 Å². The van der Waals surface area contributed by atoms with Crippen LogP contribution in [0.15, 0.2) is 188 Å². The molecule has 0 aliphatic carbocycles. The molecule has 0 saturated heterocycles. The molecule has 0 aliphatic rings. The maximum absolute atomic E-state index is 11.9. The van der Waals surface area contributed by atoms with Gasteiger partial charge in [0.2, 0.25) is 0 Å². The summed E-state index contributed by atoms with van der Waals surface area (Å²) in [7, 11) is 0. The number of rotatable bonds is 8. The Morgan fingerprint density at radius 1 is 0.500 bits per heavy atom. The monoisotopic (exact) mass is 861 g/mol. The molecule has 0 bridgehead atoms. The first-order valence-corrected chi connectivity index (χ1v) is 22.3. The van der Waals surface area contributed by atoms with E-state index in [2.05, 4.69) is 81.4 Å². The number of aromatic nitrogens is 3. The van der Waals surface area contributed by atoms with E-state index >= 15 is 0 Å². The van der Waals surface area contributed by atoms with E-state index in [-0.39, 0.29) is 22.3 Å². The van der Waals surface area contributed by atoms with Crippen LogP contribution in [0.5, 0.6) is 5.75 Å². The molecule has 10 aromatic rings. The van der Waals surface area contributed by atoms with Gasteiger partial charge in [0, 0.05) is 25.5 Å². The smallest absolute Gasteiger partial charge is 0.149 e. The van der Waals surface area contributed by atoms with Crippen molar-refractivity contribution in [2.24, 2.45) is 0 Å². The third-order valence-corrected chi connectivity index (χ3v) is 12.5. The first-order chi connectivity index (χ1) is 34.3. The van der Waals surface area contributed by atoms with E-state index in [0.29, 0.717) is 33.7 Å². The van der Waals surface area contributed by atoms with Gasteiger partial charge in [0.15, 0.2) is 0 Å². The lowest BCUT2D eigenvalue weighted by Crippen LogP contribution is -2.13. The third kappa shape index (κ3) is 7.90. The van der Waals surface area contributed by atoms with Crippen LogP contribution in [0.4, 0.5) is 0 Å². The third-order valence-electron chi connectivity index (χ3n) is 12.5. The number of phenolic OH excluding ortho intramolecular Hbond substituents is 1. The molecule has 0 atom stereocenters. The molecule has 0 radical (unpaired) electrons. The molecule has 8 aromatic carbocycles. The minimum Gasteiger partial charge on any atom is -0.507 e. The maximum Gasteiger partial charge on any atom is 0.149 e. The number of fused-ring (bicyclic) bond motifs is 1. The Balaban J connectivity index is 1.21. The van der Waals surface area contributed by atoms with Crippen LogP contribution in [0.3, 0.4) is 0 Å². The average Bonchev–Trinajstić information content (AvgIpc) is 3.76. The topological polar surface area (TPSA) is 50.9 Å². The molecule has 0 unspecified atom stereocenters. The van der Waals surface area contributed by atoms with Crippen molar-refractivity contribution in [2.45, 2.75) is 53.7 Å². The van der Waals surface area contributed by atoms with Gasteiger partial charge in [-0.05, 0) is 160 Å². The van der Waals surface area contributed by atoms with Crippen molar-refractivity contribution in [1.82, 2.24) is 14.5 Å². The largest absolute Gasteiger partial charge is 0.507 e. The minimum absolute atomic E-state index is 0.0599. The van der Waals surface area contributed by atoms with Gasteiger partial charge in [0.25, 0.3) is 0 Å². The van der Waals surface area contributed by atoms with E-state index in [1.807, 2.05) is 128 Å². The summed E-state index contributed by atoms with van der Waals surface area (Å²) in [6.45, 7) is 5.58. The number of nitrogens with zero attached hydrogens (tertiary/aromatic N) is 3. The first kappa shape index (κ1) is 35.5. The van der Waals surface area contributed by atoms with Gasteiger partial charge in [-0.15, -0.1) is 0 Å². The number of hydrogen-bond donors (Lipinski definition) is 1. The molecule has 10 rings (SSSR count). The molecule has 4 nitrogen and oxygen atoms in total. The zero-order chi connectivity index (χ0) is 50.7. The van der Waals surface area contributed by atoms with Gasteiger partial charge in [-0.3, -0.25) is 9.55 Å². The highest BCUT2D eigenvalue weighted by Gasteiger charge is 2.25. The SMILES string of the molecule is [2H]C([2H])([2H])c1ccc(-c2ccnc(-c3cc(-c4ccccc4)cc(-c4cccc5c4nc(-c4cc(C)cc(C)c4O)n5-c4ccc(-c5c(-c6ccccc6)cccc5C(C)(C)C)cc4C([2H])([2H])[2H])c3)c2)cc1. The van der Waals surface area contributed by atoms with Crippen molar-refractivity contribution in [1.29, 1.82) is 0 Å². The molecule has 0 spiro atoms. The number of imidazole rings is 1. The highest BCUT2D eigenvalue weighted by molar-refractivity contribution is 5.98. The van der Waals surface area contributed by atoms with Crippen LogP contribution in [-0.4, -0.2) is 19.6 Å². The molecule has 2 aromatic heterocycles. The van der Waals surface area contributed by atoms with Crippen molar-refractivity contribution >= 4 is 11.0 Å². The van der Waals surface area contributed by atoms with E-state index in [9.17, 15) is 9.22 Å². The summed E-state index contributed by atoms with van der Waals surface area (Å²) >= 11 is 0. The zero-order valence-electron chi connectivity index (χ0n) is 43.7. The van der Waals surface area contributed by atoms with E-state index < -0.39 is 13.7 Å². The molecule has 0 aliphatic heterocycles. The first-order valence-electron chi connectivity index (χ1n) is 25.3. The summed E-state index contributed by atoms with van der Waals surface area (Å²) in [4.78, 5) is 10.3. The highest BCUT2D eigenvalue weighted by atomic mass is 16.3. The summed E-state index contributed by atoms with van der Waals surface area (Å²) in [5.74, 6) is 0.461. The second kappa shape index (κ2) is 17.0. The van der Waals surface area contributed by atoms with Crippen molar-refractivity contribution in [3.63, 3.8) is 0 Å². The fourth-order valence-corrected chi connectivity index (χ4v) is 9.28. The lowest BCUT2D eigenvalue weighted by atomic mass is 9.78. The normalized spacial score (nSPS) is 13.3. The Morgan fingerprint density at radius 3 is 1.92 bits per heavy atom. The van der Waals surface area contributed by atoms with Gasteiger partial charge < -0.3 is 5.11 Å². The Labute approximate surface area is 397 Å². The average molecular weight is 862 g/mol. The van der Waals surface area contributed by atoms with Crippen LogP contribution in [0.25, 0.3) is 95.0 Å². The van der Waals surface area contributed by atoms with E-state index in [0.717, 1.165) is 78.0 Å². The van der Waals surface area contributed by atoms with E-state index in [1.54, 1.807) is 18.3 Å². The quantitative estimate of drug-likeness (QED) is 0.166. The van der Waals surface area contributed by atoms with Crippen molar-refractivity contribution in [2.75, 3.05) is 0 Å². The van der Waals surface area contributed by atoms with Gasteiger partial charge in [0.05, 0.1) is 28.0 Å². The number of hydrogen-bond acceptors (Lipinski definition) is 3. The Kier molecular flexibility index (Phi) is 9.12. The summed E-state index contributed by atoms with van der Waals surface area (Å²) < 4.78 is 53.0. The standard InChI is InChI=1S/C62H53N3O/c1-39-24-26-44(27-25-39)46-30-31-63-55(38-46)50-36-48(43-16-10-8-11-17-43)35-49(37-50)52-21-15-23-57-59(52)64-61(53-33-40(2)32-42(4)60(53)66)65(57)56-29-28-47(34-41(56)3)58-51(45-18-12-9-13-19-45)20-14-22-54(58)62(5,6)7/h8-38,66H,1-7H3/i1D3,3D3. The van der Waals surface area contributed by atoms with Crippen LogP contribution in [0.2, 0.25) is 0 Å². The molecular weight excluding hydrogens is 803 g/mol. The van der Waals surface area contributed by atoms with Gasteiger partial charge in [-0.1, -0.05) is 154 Å². The zero-order valence-corrected chi connectivity index (χ0v) is 37.7. The number of pyridine rings is 1. The number of aromatic hydroxyl groups is 1. The van der Waals surface area contributed by atoms with Gasteiger partial charge in [-0.25, -0.2) is 4.98 Å². The molecule has 0 fully saturated rings. The maximum atomic E-state index is 11.9. The van der Waals surface area contributed by atoms with Crippen molar-refractivity contribution < 1.29 is 13.3 Å². The lowest BCUT2D eigenvalue weighted by Gasteiger charge is -2.26. The highest BCUT2D eigenvalue weighted by Crippen LogP contribution is 2.44. The summed E-state index contributed by atoms with van der Waals surface area (Å²) in [6, 6.07) is 59.3. The van der Waals surface area contributed by atoms with Gasteiger partial charge >= 0.3 is 0 Å². The fraction of sp³-hybridized carbons (Fsp3) is 0.129. The van der Waals surface area contributed by atoms with Crippen LogP contribution in [0, 0.1) is 27.6 Å². The lowest BCUT2D eigenvalue weighted by molar-refractivity contribution is 0.472. The minimum atomic E-state index is -2.57. The molecule has 1 N–H and O–H groups in total. The Morgan fingerprint density at radius 2 is 1.18 bits per heavy atom. The van der Waals surface area contributed by atoms with Gasteiger partial charge in [-0.2, -0.15) is 0 Å². The Hall–Kier alpha value is -7.82. The fourth-order valence-electron chi connectivity index (χ4n) is 9.28. The number of aryl methyl sites for hydroxylation is 4. The van der Waals surface area contributed by atoms with Crippen molar-refractivity contribution in [3.8, 4) is 89.7 Å². The summed E-state index contributed by atoms with van der Waals surface area (Å²) in [6.07, 6.45) is 1.76. The molecule has 0 amide bonds. The molecule has 2 heterocycles. The predicted molar refractivity (Wildman–Crippen MR) is 276 cm³/mol. The summed E-state index contributed by atoms with van der Waals surface area (Å²) in [5.41, 5.74) is 15.7. The number of phenols is 1. The molecule has 0 saturated carbocycles. The number of benzene rings is 8. The van der Waals surface area contributed by atoms with Crippen LogP contribution >= 0.6 is 0 Å². The Bertz CT molecular complexity index is 3660. The molecule has 322 valence electrons. The van der Waals surface area contributed by atoms with Crippen LogP contribution in [0.1, 0.15) is 56.8 Å². The van der Waals surface area contributed by atoms with Gasteiger partial charge in [0.1, 0.15) is 11.6 Å². The van der Waals surface area contributed by atoms with Crippen LogP contribution < -0.4 is 0 Å². The second-order valence-electron chi connectivity index (χ2n) is 18.2. The van der Waals surface area contributed by atoms with Crippen molar-refractivity contribution in [3.05, 3.63) is 216 Å². The van der Waals surface area contributed by atoms with E-state index in [4.69, 9.17) is 14.1 Å². The predicted octanol–water partition coefficient (Wildman–Crippen LogP) is 16.3.